The number of fused-ring (bicyclic) bond motifs is 1. The molecule has 1 amide bonds. The molecule has 0 bridgehead atoms. The van der Waals surface area contributed by atoms with E-state index in [1.807, 2.05) is 42.5 Å². The number of hydrogen-bond acceptors (Lipinski definition) is 2. The van der Waals surface area contributed by atoms with Crippen molar-refractivity contribution in [2.45, 2.75) is 6.42 Å². The van der Waals surface area contributed by atoms with E-state index in [1.165, 1.54) is 0 Å². The summed E-state index contributed by atoms with van der Waals surface area (Å²) < 4.78 is 0. The normalized spacial score (nSPS) is 14.2. The van der Waals surface area contributed by atoms with Crippen molar-refractivity contribution in [3.05, 3.63) is 59.1 Å². The predicted molar refractivity (Wildman–Crippen MR) is 77.3 cm³/mol. The molecule has 0 atom stereocenters. The second-order valence-corrected chi connectivity index (χ2v) is 4.75. The van der Waals surface area contributed by atoms with Gasteiger partial charge in [-0.05, 0) is 29.8 Å². The van der Waals surface area contributed by atoms with Crippen LogP contribution in [0.25, 0.3) is 0 Å². The molecule has 0 spiro atoms. The number of rotatable bonds is 1. The summed E-state index contributed by atoms with van der Waals surface area (Å²) in [7, 11) is 0. The Kier molecular flexibility index (Phi) is 3.05. The Morgan fingerprint density at radius 3 is 2.79 bits per heavy atom. The van der Waals surface area contributed by atoms with Crippen LogP contribution in [-0.2, 0) is 4.79 Å². The fourth-order valence-corrected chi connectivity index (χ4v) is 2.23. The van der Waals surface area contributed by atoms with Gasteiger partial charge in [0, 0.05) is 5.02 Å². The van der Waals surface area contributed by atoms with Gasteiger partial charge in [0.25, 0.3) is 0 Å². The molecule has 0 saturated carbocycles. The molecule has 0 aromatic heterocycles. The highest BCUT2D eigenvalue weighted by atomic mass is 35.5. The van der Waals surface area contributed by atoms with Gasteiger partial charge in [0.05, 0.1) is 23.5 Å². The number of hydrogen-bond donors (Lipinski definition) is 1. The lowest BCUT2D eigenvalue weighted by Crippen LogP contribution is -2.14. The summed E-state index contributed by atoms with van der Waals surface area (Å²) in [6, 6.07) is 14.9. The van der Waals surface area contributed by atoms with E-state index in [2.05, 4.69) is 10.3 Å². The molecule has 0 aliphatic carbocycles. The van der Waals surface area contributed by atoms with E-state index in [9.17, 15) is 4.79 Å². The fraction of sp³-hybridized carbons (Fsp3) is 0.0667. The molecule has 1 N–H and O–H groups in total. The van der Waals surface area contributed by atoms with E-state index in [0.29, 0.717) is 5.02 Å². The third kappa shape index (κ3) is 2.51. The maximum absolute atomic E-state index is 11.9. The summed E-state index contributed by atoms with van der Waals surface area (Å²) in [6.45, 7) is 0. The van der Waals surface area contributed by atoms with Crippen LogP contribution in [0.3, 0.4) is 0 Å². The van der Waals surface area contributed by atoms with E-state index in [1.54, 1.807) is 6.07 Å². The van der Waals surface area contributed by atoms with Crippen LogP contribution >= 0.6 is 11.6 Å². The van der Waals surface area contributed by atoms with Crippen molar-refractivity contribution in [2.75, 3.05) is 5.32 Å². The molecule has 19 heavy (non-hydrogen) atoms. The largest absolute Gasteiger partial charge is 0.324 e. The maximum atomic E-state index is 11.9. The zero-order valence-electron chi connectivity index (χ0n) is 10.1. The lowest BCUT2D eigenvalue weighted by Gasteiger charge is -2.03. The summed E-state index contributed by atoms with van der Waals surface area (Å²) in [6.07, 6.45) is 0.245. The molecule has 1 aliphatic rings. The minimum absolute atomic E-state index is 0.0660. The first-order valence-corrected chi connectivity index (χ1v) is 6.32. The SMILES string of the molecule is O=C1CC(c2cccc(Cl)c2)=Nc2ccccc2N1. The first-order chi connectivity index (χ1) is 9.22. The van der Waals surface area contributed by atoms with Gasteiger partial charge in [-0.25, -0.2) is 0 Å². The summed E-state index contributed by atoms with van der Waals surface area (Å²) in [5.41, 5.74) is 3.11. The van der Waals surface area contributed by atoms with E-state index >= 15 is 0 Å². The topological polar surface area (TPSA) is 41.5 Å². The van der Waals surface area contributed by atoms with Gasteiger partial charge in [0.1, 0.15) is 0 Å². The highest BCUT2D eigenvalue weighted by Gasteiger charge is 2.16. The van der Waals surface area contributed by atoms with Crippen molar-refractivity contribution in [1.82, 2.24) is 0 Å². The Bertz CT molecular complexity index is 679. The zero-order chi connectivity index (χ0) is 13.2. The molecule has 1 aliphatic heterocycles. The van der Waals surface area contributed by atoms with Gasteiger partial charge >= 0.3 is 0 Å². The molecule has 1 heterocycles. The smallest absolute Gasteiger partial charge is 0.230 e. The van der Waals surface area contributed by atoms with Crippen LogP contribution in [-0.4, -0.2) is 11.6 Å². The van der Waals surface area contributed by atoms with Crippen molar-refractivity contribution in [1.29, 1.82) is 0 Å². The number of amides is 1. The van der Waals surface area contributed by atoms with Crippen molar-refractivity contribution in [3.63, 3.8) is 0 Å². The average Bonchev–Trinajstić information content (AvgIpc) is 2.56. The maximum Gasteiger partial charge on any atom is 0.230 e. The van der Waals surface area contributed by atoms with Crippen LogP contribution in [0, 0.1) is 0 Å². The highest BCUT2D eigenvalue weighted by Crippen LogP contribution is 2.28. The Labute approximate surface area is 115 Å². The van der Waals surface area contributed by atoms with Crippen molar-refractivity contribution >= 4 is 34.6 Å². The third-order valence-electron chi connectivity index (χ3n) is 2.92. The fourth-order valence-electron chi connectivity index (χ4n) is 2.04. The molecule has 0 radical (unpaired) electrons. The number of para-hydroxylation sites is 2. The second-order valence-electron chi connectivity index (χ2n) is 4.31. The molecule has 3 rings (SSSR count). The molecule has 0 fully saturated rings. The molecule has 3 nitrogen and oxygen atoms in total. The van der Waals surface area contributed by atoms with Crippen LogP contribution in [0.4, 0.5) is 11.4 Å². The van der Waals surface area contributed by atoms with Gasteiger partial charge in [-0.2, -0.15) is 0 Å². The van der Waals surface area contributed by atoms with Gasteiger partial charge in [0.2, 0.25) is 5.91 Å². The predicted octanol–water partition coefficient (Wildman–Crippen LogP) is 3.80. The van der Waals surface area contributed by atoms with Crippen molar-refractivity contribution in [3.8, 4) is 0 Å². The lowest BCUT2D eigenvalue weighted by molar-refractivity contribution is -0.115. The van der Waals surface area contributed by atoms with Crippen molar-refractivity contribution < 1.29 is 4.79 Å². The van der Waals surface area contributed by atoms with Gasteiger partial charge in [-0.3, -0.25) is 9.79 Å². The first kappa shape index (κ1) is 11.9. The number of benzene rings is 2. The first-order valence-electron chi connectivity index (χ1n) is 5.95. The number of nitrogens with zero attached hydrogens (tertiary/aromatic N) is 1. The van der Waals surface area contributed by atoms with E-state index in [-0.39, 0.29) is 12.3 Å². The number of nitrogens with one attached hydrogen (secondary N) is 1. The second kappa shape index (κ2) is 4.86. The van der Waals surface area contributed by atoms with Gasteiger partial charge < -0.3 is 5.32 Å². The Balaban J connectivity index is 2.11. The number of anilines is 1. The standard InChI is InChI=1S/C15H11ClN2O/c16-11-5-3-4-10(8-11)14-9-15(19)18-13-7-2-1-6-12(13)17-14/h1-8H,9H2,(H,18,19). The Morgan fingerprint density at radius 1 is 1.11 bits per heavy atom. The zero-order valence-corrected chi connectivity index (χ0v) is 10.8. The summed E-state index contributed by atoms with van der Waals surface area (Å²) in [5.74, 6) is -0.0660. The lowest BCUT2D eigenvalue weighted by atomic mass is 10.1. The van der Waals surface area contributed by atoms with Crippen LogP contribution in [0.5, 0.6) is 0 Å². The molecule has 0 unspecified atom stereocenters. The van der Waals surface area contributed by atoms with E-state index in [4.69, 9.17) is 11.6 Å². The quantitative estimate of drug-likeness (QED) is 0.841. The number of carbonyl (C=O) groups excluding carboxylic acids is 1. The molecular formula is C15H11ClN2O. The van der Waals surface area contributed by atoms with Gasteiger partial charge in [-0.15, -0.1) is 0 Å². The van der Waals surface area contributed by atoms with Crippen LogP contribution in [0.2, 0.25) is 5.02 Å². The molecular weight excluding hydrogens is 260 g/mol. The summed E-state index contributed by atoms with van der Waals surface area (Å²) in [5, 5.41) is 3.49. The van der Waals surface area contributed by atoms with E-state index in [0.717, 1.165) is 22.6 Å². The number of carbonyl (C=O) groups is 1. The van der Waals surface area contributed by atoms with Crippen LogP contribution in [0.1, 0.15) is 12.0 Å². The molecule has 4 heteroatoms. The average molecular weight is 271 g/mol. The molecule has 2 aromatic rings. The number of aliphatic imine (C=N–C) groups is 1. The highest BCUT2D eigenvalue weighted by molar-refractivity contribution is 6.31. The van der Waals surface area contributed by atoms with Crippen LogP contribution < -0.4 is 5.32 Å². The third-order valence-corrected chi connectivity index (χ3v) is 3.15. The van der Waals surface area contributed by atoms with Crippen molar-refractivity contribution in [2.24, 2.45) is 4.99 Å². The minimum atomic E-state index is -0.0660. The minimum Gasteiger partial charge on any atom is -0.324 e. The Morgan fingerprint density at radius 2 is 1.95 bits per heavy atom. The molecule has 94 valence electrons. The monoisotopic (exact) mass is 270 g/mol. The Hall–Kier alpha value is -2.13. The van der Waals surface area contributed by atoms with Gasteiger partial charge in [-0.1, -0.05) is 35.9 Å². The number of halogens is 1. The molecule has 2 aromatic carbocycles. The molecule has 0 saturated heterocycles. The van der Waals surface area contributed by atoms with Gasteiger partial charge in [0.15, 0.2) is 0 Å². The van der Waals surface area contributed by atoms with Crippen LogP contribution in [0.15, 0.2) is 53.5 Å². The summed E-state index contributed by atoms with van der Waals surface area (Å²) in [4.78, 5) is 16.5. The summed E-state index contributed by atoms with van der Waals surface area (Å²) >= 11 is 5.99. The van der Waals surface area contributed by atoms with E-state index < -0.39 is 0 Å².